The Bertz CT molecular complexity index is 1010. The molecule has 2 aromatic heterocycles. The van der Waals surface area contributed by atoms with Crippen molar-refractivity contribution in [2.75, 3.05) is 5.43 Å². The summed E-state index contributed by atoms with van der Waals surface area (Å²) in [7, 11) is 0. The van der Waals surface area contributed by atoms with Crippen molar-refractivity contribution in [3.8, 4) is 0 Å². The third kappa shape index (κ3) is 2.36. The highest BCUT2D eigenvalue weighted by molar-refractivity contribution is 5.93. The van der Waals surface area contributed by atoms with E-state index in [4.69, 9.17) is 0 Å². The monoisotopic (exact) mass is 304 g/mol. The first-order valence-electron chi connectivity index (χ1n) is 7.50. The molecule has 0 bridgehead atoms. The van der Waals surface area contributed by atoms with Gasteiger partial charge in [-0.3, -0.25) is 10.2 Å². The molecule has 0 saturated carbocycles. The number of aryl methyl sites for hydroxylation is 1. The van der Waals surface area contributed by atoms with E-state index in [9.17, 15) is 4.79 Å². The van der Waals surface area contributed by atoms with Crippen LogP contribution in [-0.4, -0.2) is 20.6 Å². The second kappa shape index (κ2) is 5.28. The Morgan fingerprint density at radius 2 is 1.96 bits per heavy atom. The van der Waals surface area contributed by atoms with Crippen LogP contribution in [0.2, 0.25) is 0 Å². The predicted molar refractivity (Wildman–Crippen MR) is 90.8 cm³/mol. The van der Waals surface area contributed by atoms with E-state index in [1.807, 2.05) is 55.5 Å². The lowest BCUT2D eigenvalue weighted by atomic mass is 10.1. The van der Waals surface area contributed by atoms with Crippen LogP contribution in [0.3, 0.4) is 0 Å². The first-order chi connectivity index (χ1) is 11.2. The molecule has 0 unspecified atom stereocenters. The lowest BCUT2D eigenvalue weighted by Gasteiger charge is -2.07. The summed E-state index contributed by atoms with van der Waals surface area (Å²) in [4.78, 5) is 20.0. The second-order valence-corrected chi connectivity index (χ2v) is 5.59. The molecule has 0 aliphatic heterocycles. The van der Waals surface area contributed by atoms with E-state index in [-0.39, 0.29) is 5.91 Å². The molecule has 114 valence electrons. The van der Waals surface area contributed by atoms with E-state index in [0.29, 0.717) is 6.42 Å². The van der Waals surface area contributed by atoms with E-state index >= 15 is 0 Å². The summed E-state index contributed by atoms with van der Waals surface area (Å²) in [5.41, 5.74) is 7.75. The summed E-state index contributed by atoms with van der Waals surface area (Å²) >= 11 is 0. The number of carbonyl (C=O) groups is 1. The molecule has 5 heteroatoms. The maximum absolute atomic E-state index is 12.4. The van der Waals surface area contributed by atoms with E-state index in [0.717, 1.165) is 33.2 Å². The SMILES string of the molecule is Cc1[nH]c2ccccc2c1CC(=O)Nn1cnc2ccccc21. The van der Waals surface area contributed by atoms with E-state index in [2.05, 4.69) is 15.4 Å². The number of amides is 1. The molecule has 0 saturated heterocycles. The van der Waals surface area contributed by atoms with Crippen LogP contribution in [0.1, 0.15) is 11.3 Å². The number of hydrogen-bond acceptors (Lipinski definition) is 2. The van der Waals surface area contributed by atoms with Crippen molar-refractivity contribution >= 4 is 27.8 Å². The zero-order chi connectivity index (χ0) is 15.8. The number of para-hydroxylation sites is 3. The van der Waals surface area contributed by atoms with Gasteiger partial charge in [-0.1, -0.05) is 30.3 Å². The Hall–Kier alpha value is -3.08. The van der Waals surface area contributed by atoms with Crippen LogP contribution < -0.4 is 5.43 Å². The van der Waals surface area contributed by atoms with Gasteiger partial charge in [0, 0.05) is 16.6 Å². The van der Waals surface area contributed by atoms with Gasteiger partial charge in [0.2, 0.25) is 5.91 Å². The minimum Gasteiger partial charge on any atom is -0.358 e. The lowest BCUT2D eigenvalue weighted by molar-refractivity contribution is -0.116. The fraction of sp³-hybridized carbons (Fsp3) is 0.111. The largest absolute Gasteiger partial charge is 0.358 e. The summed E-state index contributed by atoms with van der Waals surface area (Å²) < 4.78 is 1.67. The molecular formula is C18H16N4O. The van der Waals surface area contributed by atoms with Crippen LogP contribution in [0.15, 0.2) is 54.9 Å². The highest BCUT2D eigenvalue weighted by atomic mass is 16.2. The van der Waals surface area contributed by atoms with Crippen LogP contribution in [0.5, 0.6) is 0 Å². The molecule has 4 rings (SSSR count). The number of imidazole rings is 1. The van der Waals surface area contributed by atoms with Crippen molar-refractivity contribution < 1.29 is 4.79 Å². The maximum Gasteiger partial charge on any atom is 0.243 e. The molecule has 0 aliphatic rings. The van der Waals surface area contributed by atoms with Crippen LogP contribution >= 0.6 is 0 Å². The molecule has 0 atom stereocenters. The summed E-state index contributed by atoms with van der Waals surface area (Å²) in [6, 6.07) is 15.7. The van der Waals surface area contributed by atoms with Crippen molar-refractivity contribution in [3.63, 3.8) is 0 Å². The predicted octanol–water partition coefficient (Wildman–Crippen LogP) is 3.14. The zero-order valence-electron chi connectivity index (χ0n) is 12.7. The number of aromatic nitrogens is 3. The quantitative estimate of drug-likeness (QED) is 0.611. The molecule has 0 fully saturated rings. The number of nitrogens with one attached hydrogen (secondary N) is 2. The highest BCUT2D eigenvalue weighted by Crippen LogP contribution is 2.22. The third-order valence-corrected chi connectivity index (χ3v) is 4.06. The maximum atomic E-state index is 12.4. The molecule has 5 nitrogen and oxygen atoms in total. The average molecular weight is 304 g/mol. The van der Waals surface area contributed by atoms with E-state index in [1.165, 1.54) is 0 Å². The van der Waals surface area contributed by atoms with Crippen molar-refractivity contribution in [2.24, 2.45) is 0 Å². The molecule has 2 N–H and O–H groups in total. The summed E-state index contributed by atoms with van der Waals surface area (Å²) in [6.07, 6.45) is 1.95. The Morgan fingerprint density at radius 3 is 2.87 bits per heavy atom. The Balaban J connectivity index is 1.61. The molecule has 4 aromatic rings. The summed E-state index contributed by atoms with van der Waals surface area (Å²) in [6.45, 7) is 2.00. The molecule has 0 spiro atoms. The number of nitrogens with zero attached hydrogens (tertiary/aromatic N) is 2. The number of H-pyrrole nitrogens is 1. The van der Waals surface area contributed by atoms with E-state index < -0.39 is 0 Å². The number of carbonyl (C=O) groups excluding carboxylic acids is 1. The van der Waals surface area contributed by atoms with Crippen molar-refractivity contribution in [1.29, 1.82) is 0 Å². The van der Waals surface area contributed by atoms with Crippen molar-refractivity contribution in [2.45, 2.75) is 13.3 Å². The molecule has 2 heterocycles. The molecule has 0 aliphatic carbocycles. The molecular weight excluding hydrogens is 288 g/mol. The summed E-state index contributed by atoms with van der Waals surface area (Å²) in [5.74, 6) is -0.0685. The zero-order valence-corrected chi connectivity index (χ0v) is 12.7. The molecule has 23 heavy (non-hydrogen) atoms. The van der Waals surface area contributed by atoms with Gasteiger partial charge < -0.3 is 4.98 Å². The highest BCUT2D eigenvalue weighted by Gasteiger charge is 2.13. The number of rotatable bonds is 3. The van der Waals surface area contributed by atoms with Gasteiger partial charge in [-0.05, 0) is 30.7 Å². The van der Waals surface area contributed by atoms with Gasteiger partial charge in [0.1, 0.15) is 6.33 Å². The van der Waals surface area contributed by atoms with Gasteiger partial charge in [0.05, 0.1) is 17.5 Å². The Morgan fingerprint density at radius 1 is 1.17 bits per heavy atom. The Kier molecular flexibility index (Phi) is 3.12. The van der Waals surface area contributed by atoms with Gasteiger partial charge in [-0.2, -0.15) is 0 Å². The standard InChI is InChI=1S/C18H16N4O/c1-12-14(13-6-2-3-7-15(13)20-12)10-18(23)21-22-11-19-16-8-4-5-9-17(16)22/h2-9,11,20H,10H2,1H3,(H,21,23). The van der Waals surface area contributed by atoms with Gasteiger partial charge in [-0.25, -0.2) is 9.66 Å². The number of benzene rings is 2. The smallest absolute Gasteiger partial charge is 0.243 e. The van der Waals surface area contributed by atoms with Crippen molar-refractivity contribution in [3.05, 3.63) is 66.1 Å². The Labute approximate surface area is 132 Å². The van der Waals surface area contributed by atoms with E-state index in [1.54, 1.807) is 11.0 Å². The van der Waals surface area contributed by atoms with Gasteiger partial charge in [-0.15, -0.1) is 0 Å². The number of aromatic amines is 1. The van der Waals surface area contributed by atoms with Gasteiger partial charge >= 0.3 is 0 Å². The topological polar surface area (TPSA) is 62.7 Å². The van der Waals surface area contributed by atoms with Gasteiger partial charge in [0.15, 0.2) is 0 Å². The fourth-order valence-electron chi connectivity index (χ4n) is 2.95. The third-order valence-electron chi connectivity index (χ3n) is 4.06. The molecule has 1 amide bonds. The number of hydrogen-bond donors (Lipinski definition) is 2. The number of fused-ring (bicyclic) bond motifs is 2. The average Bonchev–Trinajstić information content (AvgIpc) is 3.10. The first-order valence-corrected chi connectivity index (χ1v) is 7.50. The lowest BCUT2D eigenvalue weighted by Crippen LogP contribution is -2.23. The minimum absolute atomic E-state index is 0.0685. The minimum atomic E-state index is -0.0685. The van der Waals surface area contributed by atoms with Gasteiger partial charge in [0.25, 0.3) is 0 Å². The summed E-state index contributed by atoms with van der Waals surface area (Å²) in [5, 5.41) is 1.09. The van der Waals surface area contributed by atoms with Crippen LogP contribution in [-0.2, 0) is 11.2 Å². The molecule has 0 radical (unpaired) electrons. The van der Waals surface area contributed by atoms with Crippen LogP contribution in [0, 0.1) is 6.92 Å². The second-order valence-electron chi connectivity index (χ2n) is 5.59. The van der Waals surface area contributed by atoms with Crippen molar-refractivity contribution in [1.82, 2.24) is 14.6 Å². The fourth-order valence-corrected chi connectivity index (χ4v) is 2.95. The first kappa shape index (κ1) is 13.6. The van der Waals surface area contributed by atoms with Crippen LogP contribution in [0.4, 0.5) is 0 Å². The normalized spacial score (nSPS) is 11.2. The molecule has 2 aromatic carbocycles. The van der Waals surface area contributed by atoms with Crippen LogP contribution in [0.25, 0.3) is 21.9 Å².